The second-order valence-corrected chi connectivity index (χ2v) is 8.44. The van der Waals surface area contributed by atoms with Gasteiger partial charge in [-0.05, 0) is 55.5 Å². The summed E-state index contributed by atoms with van der Waals surface area (Å²) in [5.41, 5.74) is 1.85. The van der Waals surface area contributed by atoms with Crippen LogP contribution in [0.15, 0.2) is 59.5 Å². The van der Waals surface area contributed by atoms with Crippen LogP contribution in [0.2, 0.25) is 0 Å². The molecule has 0 saturated carbocycles. The van der Waals surface area contributed by atoms with Crippen LogP contribution in [0, 0.1) is 11.8 Å². The average molecular weight is 378 g/mol. The average Bonchev–Trinajstić information content (AvgIpc) is 3.35. The van der Waals surface area contributed by atoms with E-state index in [4.69, 9.17) is 0 Å². The Kier molecular flexibility index (Phi) is 4.10. The molecule has 3 fully saturated rings. The largest absolute Gasteiger partial charge is 0.292 e. The van der Waals surface area contributed by atoms with E-state index in [1.165, 1.54) is 9.80 Å². The fraction of sp³-hybridized carbons (Fsp3) is 0.364. The van der Waals surface area contributed by atoms with Gasteiger partial charge < -0.3 is 0 Å². The number of benzene rings is 2. The molecular weight excluding hydrogens is 356 g/mol. The van der Waals surface area contributed by atoms with Gasteiger partial charge in [0.1, 0.15) is 0 Å². The van der Waals surface area contributed by atoms with Crippen LogP contribution in [0.4, 0.5) is 5.69 Å². The molecule has 0 aromatic heterocycles. The standard InChI is InChI=1S/C22H22N2O2S/c1-27-16-11-9-14(10-12-16)20-19-18(17-8-5-13-23(17)20)21(25)24(22(19)26)15-6-3-2-4-7-15/h2-4,6-7,9-12,17-20H,5,8,13H2,1H3. The zero-order valence-corrected chi connectivity index (χ0v) is 16.1. The maximum absolute atomic E-state index is 13.4. The van der Waals surface area contributed by atoms with Crippen LogP contribution in [0.5, 0.6) is 0 Å². The zero-order valence-electron chi connectivity index (χ0n) is 15.2. The summed E-state index contributed by atoms with van der Waals surface area (Å²) in [6.45, 7) is 0.971. The van der Waals surface area contributed by atoms with Gasteiger partial charge in [-0.25, -0.2) is 4.90 Å². The first kappa shape index (κ1) is 17.0. The number of carbonyl (C=O) groups excluding carboxylic acids is 2. The normalized spacial score (nSPS) is 30.0. The van der Waals surface area contributed by atoms with E-state index >= 15 is 0 Å². The number of hydrogen-bond acceptors (Lipinski definition) is 4. The maximum atomic E-state index is 13.4. The molecule has 2 amide bonds. The van der Waals surface area contributed by atoms with Crippen molar-refractivity contribution in [3.05, 3.63) is 60.2 Å². The van der Waals surface area contributed by atoms with Crippen LogP contribution in [0.3, 0.4) is 0 Å². The van der Waals surface area contributed by atoms with E-state index < -0.39 is 0 Å². The number of anilines is 1. The Labute approximate surface area is 163 Å². The predicted molar refractivity (Wildman–Crippen MR) is 107 cm³/mol. The van der Waals surface area contributed by atoms with Crippen LogP contribution in [-0.2, 0) is 9.59 Å². The fourth-order valence-corrected chi connectivity index (χ4v) is 5.64. The molecule has 4 nitrogen and oxygen atoms in total. The summed E-state index contributed by atoms with van der Waals surface area (Å²) >= 11 is 1.71. The first-order valence-corrected chi connectivity index (χ1v) is 10.8. The Morgan fingerprint density at radius 3 is 2.33 bits per heavy atom. The first-order valence-electron chi connectivity index (χ1n) is 9.53. The molecule has 3 aliphatic heterocycles. The highest BCUT2D eigenvalue weighted by Crippen LogP contribution is 2.53. The number of fused-ring (bicyclic) bond motifs is 3. The molecule has 5 heteroatoms. The third-order valence-corrected chi connectivity index (χ3v) is 7.07. The molecule has 3 aliphatic rings. The Hall–Kier alpha value is -2.11. The molecule has 2 aromatic rings. The third kappa shape index (κ3) is 2.48. The lowest BCUT2D eigenvalue weighted by atomic mass is 9.85. The summed E-state index contributed by atoms with van der Waals surface area (Å²) in [7, 11) is 0. The second kappa shape index (κ2) is 6.50. The topological polar surface area (TPSA) is 40.6 Å². The zero-order chi connectivity index (χ0) is 18.5. The van der Waals surface area contributed by atoms with Crippen LogP contribution in [0.25, 0.3) is 0 Å². The predicted octanol–water partition coefficient (Wildman–Crippen LogP) is 3.73. The van der Waals surface area contributed by atoms with Gasteiger partial charge >= 0.3 is 0 Å². The minimum atomic E-state index is -0.275. The molecule has 3 heterocycles. The lowest BCUT2D eigenvalue weighted by molar-refractivity contribution is -0.123. The van der Waals surface area contributed by atoms with Crippen molar-refractivity contribution in [2.75, 3.05) is 17.7 Å². The first-order chi connectivity index (χ1) is 13.2. The van der Waals surface area contributed by atoms with Crippen LogP contribution >= 0.6 is 11.8 Å². The van der Waals surface area contributed by atoms with Gasteiger partial charge in [-0.2, -0.15) is 0 Å². The molecule has 0 spiro atoms. The van der Waals surface area contributed by atoms with Crippen molar-refractivity contribution in [3.8, 4) is 0 Å². The van der Waals surface area contributed by atoms with Crippen molar-refractivity contribution in [1.29, 1.82) is 0 Å². The van der Waals surface area contributed by atoms with E-state index in [1.807, 2.05) is 30.3 Å². The molecule has 0 aliphatic carbocycles. The minimum Gasteiger partial charge on any atom is -0.292 e. The molecule has 138 valence electrons. The number of rotatable bonds is 3. The molecule has 3 saturated heterocycles. The Balaban J connectivity index is 1.57. The van der Waals surface area contributed by atoms with Crippen molar-refractivity contribution < 1.29 is 9.59 Å². The van der Waals surface area contributed by atoms with Crippen LogP contribution < -0.4 is 4.90 Å². The van der Waals surface area contributed by atoms with Crippen LogP contribution in [-0.4, -0.2) is 35.6 Å². The van der Waals surface area contributed by atoms with E-state index in [-0.39, 0.29) is 35.7 Å². The Bertz CT molecular complexity index is 883. The van der Waals surface area contributed by atoms with Gasteiger partial charge in [0.15, 0.2) is 0 Å². The van der Waals surface area contributed by atoms with Crippen molar-refractivity contribution in [2.45, 2.75) is 29.8 Å². The number of para-hydroxylation sites is 1. The number of thioether (sulfide) groups is 1. The lowest BCUT2D eigenvalue weighted by Gasteiger charge is -2.29. The van der Waals surface area contributed by atoms with E-state index in [0.717, 1.165) is 24.9 Å². The Morgan fingerprint density at radius 1 is 0.926 bits per heavy atom. The SMILES string of the molecule is CSc1ccc(C2C3C(=O)N(c4ccccc4)C(=O)C3C3CCCN32)cc1. The van der Waals surface area contributed by atoms with Gasteiger partial charge in [-0.3, -0.25) is 14.5 Å². The number of carbonyl (C=O) groups is 2. The van der Waals surface area contributed by atoms with Crippen molar-refractivity contribution in [3.63, 3.8) is 0 Å². The molecule has 5 rings (SSSR count). The second-order valence-electron chi connectivity index (χ2n) is 7.56. The van der Waals surface area contributed by atoms with Crippen molar-refractivity contribution in [1.82, 2.24) is 4.90 Å². The molecule has 0 radical (unpaired) electrons. The monoisotopic (exact) mass is 378 g/mol. The minimum absolute atomic E-state index is 0.00330. The summed E-state index contributed by atoms with van der Waals surface area (Å²) in [5, 5.41) is 0. The molecule has 4 unspecified atom stereocenters. The highest BCUT2D eigenvalue weighted by atomic mass is 32.2. The summed E-state index contributed by atoms with van der Waals surface area (Å²) in [6, 6.07) is 18.1. The Morgan fingerprint density at radius 2 is 1.63 bits per heavy atom. The molecule has 4 atom stereocenters. The molecule has 0 N–H and O–H groups in total. The highest BCUT2D eigenvalue weighted by molar-refractivity contribution is 7.98. The van der Waals surface area contributed by atoms with Crippen molar-refractivity contribution in [2.24, 2.45) is 11.8 Å². The van der Waals surface area contributed by atoms with Gasteiger partial charge in [-0.15, -0.1) is 11.8 Å². The van der Waals surface area contributed by atoms with Crippen molar-refractivity contribution >= 4 is 29.3 Å². The molecule has 0 bridgehead atoms. The molecular formula is C22H22N2O2S. The third-order valence-electron chi connectivity index (χ3n) is 6.32. The summed E-state index contributed by atoms with van der Waals surface area (Å²) < 4.78 is 0. The fourth-order valence-electron chi connectivity index (χ4n) is 5.23. The summed E-state index contributed by atoms with van der Waals surface area (Å²) in [6.07, 6.45) is 4.16. The quantitative estimate of drug-likeness (QED) is 0.603. The van der Waals surface area contributed by atoms with Crippen LogP contribution in [0.1, 0.15) is 24.4 Å². The van der Waals surface area contributed by atoms with Gasteiger partial charge in [0.05, 0.1) is 17.5 Å². The van der Waals surface area contributed by atoms with E-state index in [1.54, 1.807) is 11.8 Å². The van der Waals surface area contributed by atoms with Gasteiger partial charge in [0, 0.05) is 17.0 Å². The van der Waals surface area contributed by atoms with E-state index in [2.05, 4.69) is 35.4 Å². The highest BCUT2D eigenvalue weighted by Gasteiger charge is 2.63. The van der Waals surface area contributed by atoms with Gasteiger partial charge in [0.2, 0.25) is 11.8 Å². The smallest absolute Gasteiger partial charge is 0.239 e. The summed E-state index contributed by atoms with van der Waals surface area (Å²) in [4.78, 5) is 31.8. The van der Waals surface area contributed by atoms with E-state index in [9.17, 15) is 9.59 Å². The molecule has 2 aromatic carbocycles. The van der Waals surface area contributed by atoms with Gasteiger partial charge in [0.25, 0.3) is 0 Å². The number of amides is 2. The van der Waals surface area contributed by atoms with Gasteiger partial charge in [-0.1, -0.05) is 30.3 Å². The number of nitrogens with zero attached hydrogens (tertiary/aromatic N) is 2. The lowest BCUT2D eigenvalue weighted by Crippen LogP contribution is -2.39. The number of hydrogen-bond donors (Lipinski definition) is 0. The summed E-state index contributed by atoms with van der Waals surface area (Å²) in [5.74, 6) is -0.547. The molecule has 27 heavy (non-hydrogen) atoms. The maximum Gasteiger partial charge on any atom is 0.239 e. The number of imide groups is 1. The van der Waals surface area contributed by atoms with E-state index in [0.29, 0.717) is 5.69 Å².